The van der Waals surface area contributed by atoms with Gasteiger partial charge in [0, 0.05) is 6.42 Å². The molecule has 0 aliphatic heterocycles. The van der Waals surface area contributed by atoms with Gasteiger partial charge in [-0.3, -0.25) is 4.79 Å². The molecule has 1 heteroatoms. The highest BCUT2D eigenvalue weighted by atomic mass is 16.1. The standard InChI is InChI=1S/C18H30O/c1-2-16-17(13-9-6-10-14-18(16)19)15-11-7-4-3-5-8-12-15/h2,15,17H,3-14H2,1H3. The van der Waals surface area contributed by atoms with Crippen LogP contribution in [0.1, 0.15) is 84.0 Å². The van der Waals surface area contributed by atoms with Gasteiger partial charge >= 0.3 is 0 Å². The van der Waals surface area contributed by atoms with Crippen molar-refractivity contribution in [1.29, 1.82) is 0 Å². The maximum Gasteiger partial charge on any atom is 0.158 e. The fraction of sp³-hybridized carbons (Fsp3) is 0.833. The molecule has 0 heterocycles. The van der Waals surface area contributed by atoms with E-state index in [0.29, 0.717) is 11.7 Å². The van der Waals surface area contributed by atoms with Crippen molar-refractivity contribution in [2.24, 2.45) is 11.8 Å². The van der Waals surface area contributed by atoms with Crippen molar-refractivity contribution in [3.8, 4) is 0 Å². The first kappa shape index (κ1) is 14.8. The minimum absolute atomic E-state index is 0.453. The quantitative estimate of drug-likeness (QED) is 0.575. The molecular weight excluding hydrogens is 232 g/mol. The summed E-state index contributed by atoms with van der Waals surface area (Å²) in [6.07, 6.45) is 17.6. The Balaban J connectivity index is 2.09. The molecule has 2 fully saturated rings. The Morgan fingerprint density at radius 3 is 2.11 bits per heavy atom. The summed E-state index contributed by atoms with van der Waals surface area (Å²) in [5, 5.41) is 0. The maximum absolute atomic E-state index is 12.3. The highest BCUT2D eigenvalue weighted by Gasteiger charge is 2.29. The SMILES string of the molecule is CC=C1C(=O)CCCCCC1C1CCCCCCC1. The molecule has 2 rings (SSSR count). The molecule has 2 aliphatic carbocycles. The van der Waals surface area contributed by atoms with Crippen molar-refractivity contribution in [2.75, 3.05) is 0 Å². The number of carbonyl (C=O) groups is 1. The first-order valence-corrected chi connectivity index (χ1v) is 8.52. The summed E-state index contributed by atoms with van der Waals surface area (Å²) in [6.45, 7) is 2.07. The lowest BCUT2D eigenvalue weighted by atomic mass is 9.73. The van der Waals surface area contributed by atoms with Gasteiger partial charge in [-0.05, 0) is 50.0 Å². The number of hydrogen-bond acceptors (Lipinski definition) is 1. The normalized spacial score (nSPS) is 30.5. The summed E-state index contributed by atoms with van der Waals surface area (Å²) in [5.74, 6) is 1.82. The largest absolute Gasteiger partial charge is 0.295 e. The van der Waals surface area contributed by atoms with Crippen LogP contribution in [0.4, 0.5) is 0 Å². The lowest BCUT2D eigenvalue weighted by Gasteiger charge is -2.31. The van der Waals surface area contributed by atoms with Gasteiger partial charge in [-0.1, -0.05) is 51.0 Å². The molecule has 1 nitrogen and oxygen atoms in total. The van der Waals surface area contributed by atoms with Gasteiger partial charge in [-0.25, -0.2) is 0 Å². The van der Waals surface area contributed by atoms with Crippen LogP contribution in [0.25, 0.3) is 0 Å². The van der Waals surface area contributed by atoms with E-state index in [1.54, 1.807) is 0 Å². The molecule has 0 bridgehead atoms. The van der Waals surface area contributed by atoms with E-state index in [0.717, 1.165) is 18.8 Å². The van der Waals surface area contributed by atoms with Crippen molar-refractivity contribution in [3.63, 3.8) is 0 Å². The van der Waals surface area contributed by atoms with E-state index in [1.807, 2.05) is 0 Å². The van der Waals surface area contributed by atoms with Gasteiger partial charge in [-0.15, -0.1) is 0 Å². The molecule has 0 radical (unpaired) electrons. The zero-order chi connectivity index (χ0) is 13.5. The molecular formula is C18H30O. The van der Waals surface area contributed by atoms with E-state index in [-0.39, 0.29) is 0 Å². The molecule has 19 heavy (non-hydrogen) atoms. The Morgan fingerprint density at radius 1 is 0.842 bits per heavy atom. The minimum Gasteiger partial charge on any atom is -0.295 e. The first-order chi connectivity index (χ1) is 9.33. The third-order valence-corrected chi connectivity index (χ3v) is 5.17. The highest BCUT2D eigenvalue weighted by Crippen LogP contribution is 2.37. The van der Waals surface area contributed by atoms with Crippen molar-refractivity contribution in [3.05, 3.63) is 11.6 Å². The third kappa shape index (κ3) is 4.19. The van der Waals surface area contributed by atoms with Gasteiger partial charge in [0.15, 0.2) is 5.78 Å². The average molecular weight is 262 g/mol. The second-order valence-electron chi connectivity index (χ2n) is 6.48. The molecule has 0 aromatic heterocycles. The second kappa shape index (κ2) is 7.87. The Kier molecular flexibility index (Phi) is 6.13. The first-order valence-electron chi connectivity index (χ1n) is 8.52. The van der Waals surface area contributed by atoms with E-state index < -0.39 is 0 Å². The summed E-state index contributed by atoms with van der Waals surface area (Å²) >= 11 is 0. The third-order valence-electron chi connectivity index (χ3n) is 5.17. The molecule has 1 unspecified atom stereocenters. The zero-order valence-corrected chi connectivity index (χ0v) is 12.6. The summed E-state index contributed by atoms with van der Waals surface area (Å²) in [7, 11) is 0. The number of ketones is 1. The van der Waals surface area contributed by atoms with Gasteiger partial charge in [-0.2, -0.15) is 0 Å². The lowest BCUT2D eigenvalue weighted by Crippen LogP contribution is -2.24. The average Bonchev–Trinajstić information content (AvgIpc) is 2.35. The molecule has 0 amide bonds. The number of hydrogen-bond donors (Lipinski definition) is 0. The van der Waals surface area contributed by atoms with E-state index in [9.17, 15) is 4.79 Å². The highest BCUT2D eigenvalue weighted by molar-refractivity contribution is 5.95. The second-order valence-corrected chi connectivity index (χ2v) is 6.48. The van der Waals surface area contributed by atoms with Crippen LogP contribution in [0.3, 0.4) is 0 Å². The molecule has 1 atom stereocenters. The Hall–Kier alpha value is -0.590. The van der Waals surface area contributed by atoms with Crippen LogP contribution in [0, 0.1) is 11.8 Å². The molecule has 0 spiro atoms. The molecule has 108 valence electrons. The molecule has 0 aromatic carbocycles. The molecule has 0 N–H and O–H groups in total. The van der Waals surface area contributed by atoms with E-state index >= 15 is 0 Å². The van der Waals surface area contributed by atoms with Crippen LogP contribution in [0.2, 0.25) is 0 Å². The zero-order valence-electron chi connectivity index (χ0n) is 12.6. The number of Topliss-reactive ketones (excluding diaryl/α,β-unsaturated/α-hetero) is 1. The fourth-order valence-corrected chi connectivity index (χ4v) is 4.09. The van der Waals surface area contributed by atoms with Crippen molar-refractivity contribution < 1.29 is 4.79 Å². The monoisotopic (exact) mass is 262 g/mol. The number of carbonyl (C=O) groups excluding carboxylic acids is 1. The molecule has 2 aliphatic rings. The van der Waals surface area contributed by atoms with Crippen molar-refractivity contribution in [2.45, 2.75) is 84.0 Å². The Bertz CT molecular complexity index is 308. The minimum atomic E-state index is 0.453. The van der Waals surface area contributed by atoms with Crippen LogP contribution in [0.15, 0.2) is 11.6 Å². The van der Waals surface area contributed by atoms with Crippen LogP contribution in [0.5, 0.6) is 0 Å². The van der Waals surface area contributed by atoms with Gasteiger partial charge in [0.25, 0.3) is 0 Å². The van der Waals surface area contributed by atoms with Gasteiger partial charge in [0.2, 0.25) is 0 Å². The van der Waals surface area contributed by atoms with E-state index in [2.05, 4.69) is 13.0 Å². The number of rotatable bonds is 1. The summed E-state index contributed by atoms with van der Waals surface area (Å²) in [6, 6.07) is 0. The van der Waals surface area contributed by atoms with Gasteiger partial charge < -0.3 is 0 Å². The van der Waals surface area contributed by atoms with Gasteiger partial charge in [0.1, 0.15) is 0 Å². The van der Waals surface area contributed by atoms with Gasteiger partial charge in [0.05, 0.1) is 0 Å². The van der Waals surface area contributed by atoms with Crippen LogP contribution >= 0.6 is 0 Å². The predicted octanol–water partition coefficient (Wildman–Crippen LogP) is 5.44. The van der Waals surface area contributed by atoms with E-state index in [4.69, 9.17) is 0 Å². The van der Waals surface area contributed by atoms with E-state index in [1.165, 1.54) is 69.8 Å². The van der Waals surface area contributed by atoms with Crippen molar-refractivity contribution >= 4 is 5.78 Å². The summed E-state index contributed by atoms with van der Waals surface area (Å²) in [5.41, 5.74) is 1.19. The predicted molar refractivity (Wildman–Crippen MR) is 81.1 cm³/mol. The summed E-state index contributed by atoms with van der Waals surface area (Å²) in [4.78, 5) is 12.3. The van der Waals surface area contributed by atoms with Crippen molar-refractivity contribution in [1.82, 2.24) is 0 Å². The molecule has 0 aromatic rings. The summed E-state index contributed by atoms with van der Waals surface area (Å²) < 4.78 is 0. The maximum atomic E-state index is 12.3. The van der Waals surface area contributed by atoms with Crippen LogP contribution < -0.4 is 0 Å². The fourth-order valence-electron chi connectivity index (χ4n) is 4.09. The Labute approximate surface area is 118 Å². The smallest absolute Gasteiger partial charge is 0.158 e. The molecule has 2 saturated carbocycles. The number of allylic oxidation sites excluding steroid dienone is 2. The van der Waals surface area contributed by atoms with Crippen LogP contribution in [-0.2, 0) is 4.79 Å². The van der Waals surface area contributed by atoms with Crippen LogP contribution in [-0.4, -0.2) is 5.78 Å². The molecule has 0 saturated heterocycles. The lowest BCUT2D eigenvalue weighted by molar-refractivity contribution is -0.116. The topological polar surface area (TPSA) is 17.1 Å². The Morgan fingerprint density at radius 2 is 1.42 bits per heavy atom.